The van der Waals surface area contributed by atoms with Gasteiger partial charge in [0.1, 0.15) is 5.75 Å². The third kappa shape index (κ3) is 4.57. The van der Waals surface area contributed by atoms with Gasteiger partial charge in [0.25, 0.3) is 0 Å². The Balaban J connectivity index is 2.29. The van der Waals surface area contributed by atoms with Crippen LogP contribution >= 0.6 is 11.6 Å². The fourth-order valence-electron chi connectivity index (χ4n) is 1.42. The monoisotopic (exact) mass is 226 g/mol. The number of hydrogen-bond acceptors (Lipinski definition) is 1. The lowest BCUT2D eigenvalue weighted by atomic mass is 10.1. The van der Waals surface area contributed by atoms with Crippen LogP contribution in [0.5, 0.6) is 5.75 Å². The largest absolute Gasteiger partial charge is 0.493 e. The first-order valence-corrected chi connectivity index (χ1v) is 6.02. The molecule has 1 rings (SSSR count). The molecule has 1 unspecified atom stereocenters. The number of ether oxygens (including phenoxy) is 1. The molecule has 1 nitrogen and oxygen atoms in total. The van der Waals surface area contributed by atoms with Gasteiger partial charge in [-0.25, -0.2) is 0 Å². The highest BCUT2D eigenvalue weighted by Gasteiger charge is 2.02. The van der Waals surface area contributed by atoms with Crippen LogP contribution in [0, 0.1) is 12.8 Å². The SMILES string of the molecule is Cc1ccccc1OCCC(C)CCCl. The van der Waals surface area contributed by atoms with Crippen molar-refractivity contribution in [2.24, 2.45) is 5.92 Å². The van der Waals surface area contributed by atoms with Gasteiger partial charge in [0, 0.05) is 5.88 Å². The average molecular weight is 227 g/mol. The lowest BCUT2D eigenvalue weighted by molar-refractivity contribution is 0.280. The molecule has 0 bridgehead atoms. The van der Waals surface area contributed by atoms with Crippen LogP contribution in [0.3, 0.4) is 0 Å². The van der Waals surface area contributed by atoms with Gasteiger partial charge in [-0.3, -0.25) is 0 Å². The van der Waals surface area contributed by atoms with Gasteiger partial charge in [-0.05, 0) is 37.3 Å². The van der Waals surface area contributed by atoms with Crippen LogP contribution in [0.1, 0.15) is 25.3 Å². The molecule has 0 radical (unpaired) electrons. The molecule has 0 aliphatic carbocycles. The molecule has 0 saturated heterocycles. The van der Waals surface area contributed by atoms with Gasteiger partial charge in [-0.15, -0.1) is 11.6 Å². The van der Waals surface area contributed by atoms with Crippen molar-refractivity contribution in [3.8, 4) is 5.75 Å². The van der Waals surface area contributed by atoms with E-state index in [0.717, 1.165) is 31.1 Å². The summed E-state index contributed by atoms with van der Waals surface area (Å²) in [7, 11) is 0. The summed E-state index contributed by atoms with van der Waals surface area (Å²) < 4.78 is 5.71. The fourth-order valence-corrected chi connectivity index (χ4v) is 1.79. The molecule has 0 aromatic heterocycles. The summed E-state index contributed by atoms with van der Waals surface area (Å²) in [5, 5.41) is 0. The number of hydrogen-bond donors (Lipinski definition) is 0. The Morgan fingerprint density at radius 3 is 2.67 bits per heavy atom. The highest BCUT2D eigenvalue weighted by atomic mass is 35.5. The molecular formula is C13H19ClO. The van der Waals surface area contributed by atoms with E-state index in [1.165, 1.54) is 5.56 Å². The molecule has 0 heterocycles. The van der Waals surface area contributed by atoms with E-state index < -0.39 is 0 Å². The molecule has 1 atom stereocenters. The van der Waals surface area contributed by atoms with E-state index in [1.807, 2.05) is 18.2 Å². The Morgan fingerprint density at radius 1 is 1.27 bits per heavy atom. The topological polar surface area (TPSA) is 9.23 Å². The molecule has 0 aliphatic rings. The van der Waals surface area contributed by atoms with Crippen LogP contribution in [-0.2, 0) is 0 Å². The molecule has 1 aromatic carbocycles. The number of aryl methyl sites for hydroxylation is 1. The highest BCUT2D eigenvalue weighted by molar-refractivity contribution is 6.17. The molecule has 0 N–H and O–H groups in total. The first-order valence-electron chi connectivity index (χ1n) is 5.48. The molecule has 0 spiro atoms. The second-order valence-corrected chi connectivity index (χ2v) is 4.36. The van der Waals surface area contributed by atoms with Crippen molar-refractivity contribution >= 4 is 11.6 Å². The molecule has 15 heavy (non-hydrogen) atoms. The van der Waals surface area contributed by atoms with E-state index in [9.17, 15) is 0 Å². The minimum atomic E-state index is 0.645. The zero-order valence-corrected chi connectivity index (χ0v) is 10.3. The molecule has 0 aliphatic heterocycles. The quantitative estimate of drug-likeness (QED) is 0.666. The van der Waals surface area contributed by atoms with Gasteiger partial charge in [0.2, 0.25) is 0 Å². The minimum Gasteiger partial charge on any atom is -0.493 e. The van der Waals surface area contributed by atoms with E-state index in [2.05, 4.69) is 19.9 Å². The molecule has 2 heteroatoms. The predicted octanol–water partition coefficient (Wildman–Crippen LogP) is 4.03. The van der Waals surface area contributed by atoms with Crippen LogP contribution in [-0.4, -0.2) is 12.5 Å². The normalized spacial score (nSPS) is 12.5. The van der Waals surface area contributed by atoms with Gasteiger partial charge < -0.3 is 4.74 Å². The Labute approximate surface area is 97.4 Å². The van der Waals surface area contributed by atoms with Gasteiger partial charge in [0.15, 0.2) is 0 Å². The second-order valence-electron chi connectivity index (χ2n) is 3.99. The maximum Gasteiger partial charge on any atom is 0.122 e. The van der Waals surface area contributed by atoms with E-state index in [-0.39, 0.29) is 0 Å². The zero-order valence-electron chi connectivity index (χ0n) is 9.50. The van der Waals surface area contributed by atoms with E-state index in [0.29, 0.717) is 5.92 Å². The molecule has 0 saturated carbocycles. The van der Waals surface area contributed by atoms with Crippen molar-refractivity contribution in [3.63, 3.8) is 0 Å². The number of rotatable bonds is 6. The second kappa shape index (κ2) is 6.73. The number of benzene rings is 1. The molecular weight excluding hydrogens is 208 g/mol. The third-order valence-corrected chi connectivity index (χ3v) is 2.78. The molecule has 0 amide bonds. The minimum absolute atomic E-state index is 0.645. The summed E-state index contributed by atoms with van der Waals surface area (Å²) >= 11 is 5.68. The Hall–Kier alpha value is -0.690. The van der Waals surface area contributed by atoms with Crippen LogP contribution < -0.4 is 4.74 Å². The molecule has 84 valence electrons. The summed E-state index contributed by atoms with van der Waals surface area (Å²) in [5.74, 6) is 2.38. The van der Waals surface area contributed by atoms with Crippen LogP contribution in [0.15, 0.2) is 24.3 Å². The number of para-hydroxylation sites is 1. The average Bonchev–Trinajstić information content (AvgIpc) is 2.21. The smallest absolute Gasteiger partial charge is 0.122 e. The van der Waals surface area contributed by atoms with Gasteiger partial charge in [-0.1, -0.05) is 25.1 Å². The van der Waals surface area contributed by atoms with Gasteiger partial charge in [-0.2, -0.15) is 0 Å². The van der Waals surface area contributed by atoms with Crippen molar-refractivity contribution in [2.45, 2.75) is 26.7 Å². The number of halogens is 1. The van der Waals surface area contributed by atoms with Crippen LogP contribution in [0.4, 0.5) is 0 Å². The van der Waals surface area contributed by atoms with Crippen molar-refractivity contribution in [2.75, 3.05) is 12.5 Å². The van der Waals surface area contributed by atoms with Crippen LogP contribution in [0.2, 0.25) is 0 Å². The molecule has 1 aromatic rings. The first kappa shape index (κ1) is 12.4. The molecule has 0 fully saturated rings. The fraction of sp³-hybridized carbons (Fsp3) is 0.538. The Morgan fingerprint density at radius 2 is 2.00 bits per heavy atom. The maximum atomic E-state index is 5.71. The Kier molecular flexibility index (Phi) is 5.56. The van der Waals surface area contributed by atoms with E-state index in [4.69, 9.17) is 16.3 Å². The van der Waals surface area contributed by atoms with E-state index >= 15 is 0 Å². The van der Waals surface area contributed by atoms with Crippen molar-refractivity contribution in [1.29, 1.82) is 0 Å². The summed E-state index contributed by atoms with van der Waals surface area (Å²) in [6, 6.07) is 8.11. The maximum absolute atomic E-state index is 5.71. The standard InChI is InChI=1S/C13H19ClO/c1-11(7-9-14)8-10-15-13-6-4-3-5-12(13)2/h3-6,11H,7-10H2,1-2H3. The van der Waals surface area contributed by atoms with Crippen molar-refractivity contribution in [1.82, 2.24) is 0 Å². The highest BCUT2D eigenvalue weighted by Crippen LogP contribution is 2.17. The number of alkyl halides is 1. The van der Waals surface area contributed by atoms with Crippen molar-refractivity contribution < 1.29 is 4.74 Å². The lowest BCUT2D eigenvalue weighted by Crippen LogP contribution is -2.05. The van der Waals surface area contributed by atoms with E-state index in [1.54, 1.807) is 0 Å². The first-order chi connectivity index (χ1) is 7.24. The van der Waals surface area contributed by atoms with Gasteiger partial charge in [0.05, 0.1) is 6.61 Å². The van der Waals surface area contributed by atoms with Crippen LogP contribution in [0.25, 0.3) is 0 Å². The summed E-state index contributed by atoms with van der Waals surface area (Å²) in [6.45, 7) is 5.06. The summed E-state index contributed by atoms with van der Waals surface area (Å²) in [6.07, 6.45) is 2.14. The predicted molar refractivity (Wildman–Crippen MR) is 65.8 cm³/mol. The lowest BCUT2D eigenvalue weighted by Gasteiger charge is -2.12. The third-order valence-electron chi connectivity index (χ3n) is 2.56. The summed E-state index contributed by atoms with van der Waals surface area (Å²) in [4.78, 5) is 0. The summed E-state index contributed by atoms with van der Waals surface area (Å²) in [5.41, 5.74) is 1.20. The van der Waals surface area contributed by atoms with Crippen molar-refractivity contribution in [3.05, 3.63) is 29.8 Å². The Bertz CT molecular complexity index is 286. The zero-order chi connectivity index (χ0) is 11.1. The van der Waals surface area contributed by atoms with Gasteiger partial charge >= 0.3 is 0 Å².